The van der Waals surface area contributed by atoms with Crippen molar-refractivity contribution in [2.75, 3.05) is 57.2 Å². The Balaban J connectivity index is 0.00000324. The maximum absolute atomic E-state index is 5.42. The third-order valence-corrected chi connectivity index (χ3v) is 6.34. The van der Waals surface area contributed by atoms with Crippen LogP contribution in [0.4, 0.5) is 11.4 Å². The molecule has 1 saturated heterocycles. The smallest absolute Gasteiger partial charge is 0.191 e. The number of methoxy groups -OCH3 is 2. The SMILES string of the molecule is CN=C(NCc1ccc(N2CC=CC2)cc1)NC1CCN(c2cc(OC)cc(OC)c2)CC1.I. The van der Waals surface area contributed by atoms with Crippen LogP contribution in [0.2, 0.25) is 0 Å². The lowest BCUT2D eigenvalue weighted by atomic mass is 10.0. The van der Waals surface area contributed by atoms with Crippen LogP contribution in [-0.4, -0.2) is 59.4 Å². The van der Waals surface area contributed by atoms with Crippen LogP contribution in [-0.2, 0) is 6.54 Å². The molecular formula is C26H36IN5O2. The van der Waals surface area contributed by atoms with Crippen LogP contribution in [0, 0.1) is 0 Å². The van der Waals surface area contributed by atoms with Gasteiger partial charge in [0.05, 0.1) is 14.2 Å². The molecule has 2 aromatic rings. The largest absolute Gasteiger partial charge is 0.497 e. The van der Waals surface area contributed by atoms with E-state index in [-0.39, 0.29) is 24.0 Å². The standard InChI is InChI=1S/C26H35N5O2.HI/c1-27-26(28-19-20-6-8-22(9-7-20)30-12-4-5-13-30)29-21-10-14-31(15-11-21)23-16-24(32-2)18-25(17-23)33-3;/h4-9,16-18,21H,10-15,19H2,1-3H3,(H2,27,28,29);1H. The number of halogens is 1. The van der Waals surface area contributed by atoms with E-state index >= 15 is 0 Å². The Morgan fingerprint density at radius 1 is 0.912 bits per heavy atom. The number of piperidine rings is 1. The van der Waals surface area contributed by atoms with Crippen molar-refractivity contribution in [1.82, 2.24) is 10.6 Å². The summed E-state index contributed by atoms with van der Waals surface area (Å²) in [4.78, 5) is 9.17. The van der Waals surface area contributed by atoms with Gasteiger partial charge in [-0.2, -0.15) is 0 Å². The van der Waals surface area contributed by atoms with Gasteiger partial charge < -0.3 is 29.9 Å². The molecule has 0 aliphatic carbocycles. The van der Waals surface area contributed by atoms with E-state index in [4.69, 9.17) is 9.47 Å². The van der Waals surface area contributed by atoms with Gasteiger partial charge in [0.15, 0.2) is 5.96 Å². The first-order valence-corrected chi connectivity index (χ1v) is 11.6. The molecule has 184 valence electrons. The predicted molar refractivity (Wildman–Crippen MR) is 151 cm³/mol. The van der Waals surface area contributed by atoms with E-state index in [0.29, 0.717) is 6.04 Å². The Morgan fingerprint density at radius 3 is 2.09 bits per heavy atom. The number of anilines is 2. The third-order valence-electron chi connectivity index (χ3n) is 6.34. The summed E-state index contributed by atoms with van der Waals surface area (Å²) >= 11 is 0. The highest BCUT2D eigenvalue weighted by Gasteiger charge is 2.21. The quantitative estimate of drug-likeness (QED) is 0.224. The topological polar surface area (TPSA) is 61.4 Å². The van der Waals surface area contributed by atoms with Crippen LogP contribution in [0.25, 0.3) is 0 Å². The van der Waals surface area contributed by atoms with Crippen molar-refractivity contribution in [2.24, 2.45) is 4.99 Å². The van der Waals surface area contributed by atoms with Crippen molar-refractivity contribution in [3.05, 3.63) is 60.2 Å². The van der Waals surface area contributed by atoms with Gasteiger partial charge in [0.2, 0.25) is 0 Å². The van der Waals surface area contributed by atoms with Gasteiger partial charge in [-0.25, -0.2) is 0 Å². The zero-order valence-corrected chi connectivity index (χ0v) is 22.6. The average molecular weight is 578 g/mol. The number of ether oxygens (including phenoxy) is 2. The van der Waals surface area contributed by atoms with E-state index in [2.05, 4.69) is 74.0 Å². The van der Waals surface area contributed by atoms with Gasteiger partial charge in [-0.15, -0.1) is 24.0 Å². The maximum atomic E-state index is 5.42. The number of benzene rings is 2. The number of hydrogen-bond acceptors (Lipinski definition) is 5. The fourth-order valence-electron chi connectivity index (χ4n) is 4.34. The lowest BCUT2D eigenvalue weighted by Crippen LogP contribution is -2.48. The summed E-state index contributed by atoms with van der Waals surface area (Å²) in [5.41, 5.74) is 3.66. The Bertz CT molecular complexity index is 941. The van der Waals surface area contributed by atoms with Crippen LogP contribution in [0.15, 0.2) is 59.6 Å². The number of hydrogen-bond donors (Lipinski definition) is 2. The third kappa shape index (κ3) is 6.71. The summed E-state index contributed by atoms with van der Waals surface area (Å²) in [5.74, 6) is 2.49. The van der Waals surface area contributed by atoms with Crippen LogP contribution >= 0.6 is 24.0 Å². The molecule has 0 aromatic heterocycles. The monoisotopic (exact) mass is 577 g/mol. The van der Waals surface area contributed by atoms with E-state index in [1.54, 1.807) is 14.2 Å². The van der Waals surface area contributed by atoms with Gasteiger partial charge >= 0.3 is 0 Å². The Hall–Kier alpha value is -2.62. The minimum absolute atomic E-state index is 0. The maximum Gasteiger partial charge on any atom is 0.191 e. The lowest BCUT2D eigenvalue weighted by molar-refractivity contribution is 0.393. The summed E-state index contributed by atoms with van der Waals surface area (Å²) in [7, 11) is 5.20. The molecule has 0 atom stereocenters. The minimum atomic E-state index is 0. The van der Waals surface area contributed by atoms with E-state index in [0.717, 1.165) is 68.7 Å². The van der Waals surface area contributed by atoms with Gasteiger partial charge in [-0.3, -0.25) is 4.99 Å². The van der Waals surface area contributed by atoms with Gasteiger partial charge in [0, 0.05) is 75.4 Å². The van der Waals surface area contributed by atoms with Crippen molar-refractivity contribution in [3.63, 3.8) is 0 Å². The highest BCUT2D eigenvalue weighted by atomic mass is 127. The van der Waals surface area contributed by atoms with Crippen LogP contribution in [0.1, 0.15) is 18.4 Å². The second-order valence-electron chi connectivity index (χ2n) is 8.45. The van der Waals surface area contributed by atoms with Crippen molar-refractivity contribution in [1.29, 1.82) is 0 Å². The first-order chi connectivity index (χ1) is 16.2. The molecule has 7 nitrogen and oxygen atoms in total. The molecule has 0 bridgehead atoms. The van der Waals surface area contributed by atoms with E-state index < -0.39 is 0 Å². The number of rotatable bonds is 7. The zero-order chi connectivity index (χ0) is 23.0. The molecule has 0 spiro atoms. The fraction of sp³-hybridized carbons (Fsp3) is 0.423. The van der Waals surface area contributed by atoms with Gasteiger partial charge in [-0.05, 0) is 30.5 Å². The van der Waals surface area contributed by atoms with Crippen molar-refractivity contribution in [2.45, 2.75) is 25.4 Å². The molecule has 2 aromatic carbocycles. The van der Waals surface area contributed by atoms with Crippen molar-refractivity contribution in [3.8, 4) is 11.5 Å². The summed E-state index contributed by atoms with van der Waals surface area (Å²) in [5, 5.41) is 7.06. The minimum Gasteiger partial charge on any atom is -0.497 e. The number of nitrogens with zero attached hydrogens (tertiary/aromatic N) is 3. The van der Waals surface area contributed by atoms with E-state index in [9.17, 15) is 0 Å². The molecule has 0 amide bonds. The summed E-state index contributed by atoms with van der Waals surface area (Å²) in [6.07, 6.45) is 6.50. The molecular weight excluding hydrogens is 541 g/mol. The molecule has 2 N–H and O–H groups in total. The number of guanidine groups is 1. The second-order valence-corrected chi connectivity index (χ2v) is 8.45. The average Bonchev–Trinajstić information content (AvgIpc) is 3.42. The Morgan fingerprint density at radius 2 is 1.53 bits per heavy atom. The summed E-state index contributed by atoms with van der Waals surface area (Å²) in [6, 6.07) is 15.2. The lowest BCUT2D eigenvalue weighted by Gasteiger charge is -2.34. The fourth-order valence-corrected chi connectivity index (χ4v) is 4.34. The molecule has 8 heteroatoms. The molecule has 2 aliphatic rings. The molecule has 1 fully saturated rings. The molecule has 0 radical (unpaired) electrons. The van der Waals surface area contributed by atoms with Crippen LogP contribution in [0.5, 0.6) is 11.5 Å². The zero-order valence-electron chi connectivity index (χ0n) is 20.3. The normalized spacial score (nSPS) is 16.3. The molecule has 0 saturated carbocycles. The molecule has 34 heavy (non-hydrogen) atoms. The van der Waals surface area contributed by atoms with Crippen LogP contribution < -0.4 is 29.9 Å². The van der Waals surface area contributed by atoms with Gasteiger partial charge in [-0.1, -0.05) is 24.3 Å². The van der Waals surface area contributed by atoms with E-state index in [1.807, 2.05) is 13.1 Å². The Kier molecular flexibility index (Phi) is 9.74. The first-order valence-electron chi connectivity index (χ1n) is 11.6. The number of aliphatic imine (C=N–C) groups is 1. The highest BCUT2D eigenvalue weighted by Crippen LogP contribution is 2.30. The highest BCUT2D eigenvalue weighted by molar-refractivity contribution is 14.0. The van der Waals surface area contributed by atoms with E-state index in [1.165, 1.54) is 11.3 Å². The predicted octanol–water partition coefficient (Wildman–Crippen LogP) is 4.03. The van der Waals surface area contributed by atoms with Gasteiger partial charge in [0.25, 0.3) is 0 Å². The number of nitrogens with one attached hydrogen (secondary N) is 2. The molecule has 2 heterocycles. The summed E-state index contributed by atoms with van der Waals surface area (Å²) in [6.45, 7) is 4.69. The van der Waals surface area contributed by atoms with Gasteiger partial charge in [0.1, 0.15) is 11.5 Å². The van der Waals surface area contributed by atoms with Crippen molar-refractivity contribution < 1.29 is 9.47 Å². The van der Waals surface area contributed by atoms with Crippen LogP contribution in [0.3, 0.4) is 0 Å². The molecule has 4 rings (SSSR count). The van der Waals surface area contributed by atoms with Crippen molar-refractivity contribution >= 4 is 41.3 Å². The Labute approximate surface area is 220 Å². The second kappa shape index (κ2) is 12.7. The summed E-state index contributed by atoms with van der Waals surface area (Å²) < 4.78 is 10.8. The molecule has 2 aliphatic heterocycles. The first kappa shape index (κ1) is 26.0. The molecule has 0 unspecified atom stereocenters.